The molecule has 5 rings (SSSR count). The third-order valence-corrected chi connectivity index (χ3v) is 8.12. The third-order valence-electron chi connectivity index (χ3n) is 8.12. The van der Waals surface area contributed by atoms with Gasteiger partial charge in [-0.05, 0) is 85.3 Å². The van der Waals surface area contributed by atoms with Crippen LogP contribution in [0.3, 0.4) is 0 Å². The van der Waals surface area contributed by atoms with E-state index in [4.69, 9.17) is 9.57 Å². The summed E-state index contributed by atoms with van der Waals surface area (Å²) in [5, 5.41) is 28.1. The SMILES string of the molecule is COc1cc2c(cc1O)/C(=N/OCc1cc(F)cc(F)c1)C[C@@H]1[C@@H]2CC[C@]2(C)/C(=N/O)CC[C@@H]12. The van der Waals surface area contributed by atoms with Crippen molar-refractivity contribution in [3.8, 4) is 11.5 Å². The van der Waals surface area contributed by atoms with Gasteiger partial charge in [-0.25, -0.2) is 8.78 Å². The molecule has 34 heavy (non-hydrogen) atoms. The lowest BCUT2D eigenvalue weighted by molar-refractivity contribution is 0.103. The Morgan fingerprint density at radius 1 is 1.12 bits per heavy atom. The van der Waals surface area contributed by atoms with Crippen LogP contribution in [0.1, 0.15) is 61.6 Å². The van der Waals surface area contributed by atoms with E-state index in [1.165, 1.54) is 19.2 Å². The zero-order valence-corrected chi connectivity index (χ0v) is 19.2. The zero-order valence-electron chi connectivity index (χ0n) is 19.2. The van der Waals surface area contributed by atoms with Crippen LogP contribution in [-0.4, -0.2) is 28.8 Å². The van der Waals surface area contributed by atoms with Crippen LogP contribution in [0.25, 0.3) is 0 Å². The Kier molecular flexibility index (Phi) is 5.70. The molecule has 2 fully saturated rings. The van der Waals surface area contributed by atoms with Crippen molar-refractivity contribution in [3.05, 3.63) is 58.7 Å². The topological polar surface area (TPSA) is 83.6 Å². The second kappa shape index (κ2) is 8.56. The maximum Gasteiger partial charge on any atom is 0.160 e. The predicted molar refractivity (Wildman–Crippen MR) is 122 cm³/mol. The lowest BCUT2D eigenvalue weighted by atomic mass is 9.55. The Hall–Kier alpha value is -3.16. The van der Waals surface area contributed by atoms with Gasteiger partial charge in [-0.1, -0.05) is 17.2 Å². The van der Waals surface area contributed by atoms with Gasteiger partial charge in [0.15, 0.2) is 11.5 Å². The first-order chi connectivity index (χ1) is 16.3. The second-order valence-corrected chi connectivity index (χ2v) is 9.82. The highest BCUT2D eigenvalue weighted by molar-refractivity contribution is 6.04. The fourth-order valence-corrected chi connectivity index (χ4v) is 6.51. The van der Waals surface area contributed by atoms with E-state index in [0.29, 0.717) is 29.4 Å². The fraction of sp³-hybridized carbons (Fsp3) is 0.462. The molecule has 2 aromatic carbocycles. The van der Waals surface area contributed by atoms with Crippen LogP contribution in [0.4, 0.5) is 8.78 Å². The molecule has 2 saturated carbocycles. The first-order valence-corrected chi connectivity index (χ1v) is 11.6. The van der Waals surface area contributed by atoms with Gasteiger partial charge in [0.1, 0.15) is 18.2 Å². The van der Waals surface area contributed by atoms with Crippen molar-refractivity contribution in [2.75, 3.05) is 7.11 Å². The van der Waals surface area contributed by atoms with E-state index in [9.17, 15) is 19.1 Å². The van der Waals surface area contributed by atoms with Crippen molar-refractivity contribution in [3.63, 3.8) is 0 Å². The number of phenolic OH excluding ortho intramolecular Hbond substituents is 1. The number of hydrogen-bond acceptors (Lipinski definition) is 6. The van der Waals surface area contributed by atoms with E-state index in [1.54, 1.807) is 6.07 Å². The molecule has 2 aromatic rings. The summed E-state index contributed by atoms with van der Waals surface area (Å²) in [6.07, 6.45) is 4.21. The highest BCUT2D eigenvalue weighted by Crippen LogP contribution is 2.60. The van der Waals surface area contributed by atoms with Crippen LogP contribution < -0.4 is 4.74 Å². The molecule has 0 spiro atoms. The normalized spacial score (nSPS) is 30.1. The lowest BCUT2D eigenvalue weighted by Crippen LogP contribution is -2.43. The van der Waals surface area contributed by atoms with Gasteiger partial charge in [0.2, 0.25) is 0 Å². The summed E-state index contributed by atoms with van der Waals surface area (Å²) in [5.41, 5.74) is 3.61. The molecular weight excluding hydrogens is 442 g/mol. The minimum atomic E-state index is -0.668. The molecule has 0 amide bonds. The highest BCUT2D eigenvalue weighted by atomic mass is 19.1. The van der Waals surface area contributed by atoms with Crippen LogP contribution in [0.5, 0.6) is 11.5 Å². The molecule has 0 aromatic heterocycles. The zero-order chi connectivity index (χ0) is 24.0. The van der Waals surface area contributed by atoms with E-state index >= 15 is 0 Å². The van der Waals surface area contributed by atoms with Crippen molar-refractivity contribution in [2.24, 2.45) is 27.6 Å². The predicted octanol–water partition coefficient (Wildman–Crippen LogP) is 5.74. The molecule has 0 unspecified atom stereocenters. The Morgan fingerprint density at radius 2 is 1.88 bits per heavy atom. The van der Waals surface area contributed by atoms with E-state index in [1.807, 2.05) is 6.07 Å². The first-order valence-electron chi connectivity index (χ1n) is 11.6. The van der Waals surface area contributed by atoms with Gasteiger partial charge in [0, 0.05) is 17.0 Å². The van der Waals surface area contributed by atoms with Crippen molar-refractivity contribution >= 4 is 11.4 Å². The highest BCUT2D eigenvalue weighted by Gasteiger charge is 2.54. The van der Waals surface area contributed by atoms with Crippen molar-refractivity contribution in [2.45, 2.75) is 51.6 Å². The number of fused-ring (bicyclic) bond motifs is 5. The number of halogens is 2. The number of rotatable bonds is 4. The largest absolute Gasteiger partial charge is 0.504 e. The maximum atomic E-state index is 13.5. The number of methoxy groups -OCH3 is 1. The molecule has 3 aliphatic rings. The van der Waals surface area contributed by atoms with Crippen molar-refractivity contribution < 1.29 is 28.7 Å². The van der Waals surface area contributed by atoms with Crippen LogP contribution in [-0.2, 0) is 11.4 Å². The van der Waals surface area contributed by atoms with Crippen LogP contribution in [0, 0.1) is 28.9 Å². The number of benzene rings is 2. The summed E-state index contributed by atoms with van der Waals surface area (Å²) in [6.45, 7) is 2.11. The van der Waals surface area contributed by atoms with E-state index in [2.05, 4.69) is 17.2 Å². The minimum absolute atomic E-state index is 0.0239. The number of nitrogens with zero attached hydrogens (tertiary/aromatic N) is 2. The minimum Gasteiger partial charge on any atom is -0.504 e. The number of oxime groups is 2. The molecule has 6 nitrogen and oxygen atoms in total. The van der Waals surface area contributed by atoms with Crippen molar-refractivity contribution in [1.29, 1.82) is 0 Å². The molecule has 0 bridgehead atoms. The van der Waals surface area contributed by atoms with Gasteiger partial charge in [0.05, 0.1) is 18.5 Å². The number of phenols is 1. The van der Waals surface area contributed by atoms with Crippen LogP contribution in [0.2, 0.25) is 0 Å². The molecule has 8 heteroatoms. The third kappa shape index (κ3) is 3.69. The summed E-state index contributed by atoms with van der Waals surface area (Å²) < 4.78 is 32.4. The standard InChI is InChI=1S/C26H28F2N2O4/c1-26-6-5-17-18-12-24(33-2)23(31)11-20(18)22(10-19(17)21(26)3-4-25(26)29-32)30-34-13-14-7-15(27)9-16(28)8-14/h7-9,11-12,17,19,21,31-32H,3-6,10,13H2,1-2H3/b29-25+,30-22+/t17-,19-,21+,26+/m1/s1. The van der Waals surface area contributed by atoms with Crippen LogP contribution in [0.15, 0.2) is 40.6 Å². The average molecular weight is 471 g/mol. The van der Waals surface area contributed by atoms with E-state index in [-0.39, 0.29) is 29.6 Å². The Balaban J connectivity index is 1.50. The smallest absolute Gasteiger partial charge is 0.160 e. The average Bonchev–Trinajstić information content (AvgIpc) is 3.14. The second-order valence-electron chi connectivity index (χ2n) is 9.82. The number of ether oxygens (including phenoxy) is 1. The van der Waals surface area contributed by atoms with Gasteiger partial charge in [0.25, 0.3) is 0 Å². The Bertz CT molecular complexity index is 1160. The summed E-state index contributed by atoms with van der Waals surface area (Å²) >= 11 is 0. The fourth-order valence-electron chi connectivity index (χ4n) is 6.51. The molecule has 0 heterocycles. The van der Waals surface area contributed by atoms with Gasteiger partial charge in [-0.3, -0.25) is 0 Å². The van der Waals surface area contributed by atoms with Gasteiger partial charge in [-0.2, -0.15) is 0 Å². The lowest BCUT2D eigenvalue weighted by Gasteiger charge is -2.48. The molecule has 0 saturated heterocycles. The molecule has 0 aliphatic heterocycles. The number of hydrogen-bond donors (Lipinski definition) is 2. The molecule has 180 valence electrons. The summed E-state index contributed by atoms with van der Waals surface area (Å²) in [6, 6.07) is 6.79. The quantitative estimate of drug-likeness (QED) is 0.441. The maximum absolute atomic E-state index is 13.5. The van der Waals surface area contributed by atoms with Gasteiger partial charge < -0.3 is 19.9 Å². The Morgan fingerprint density at radius 3 is 2.59 bits per heavy atom. The van der Waals surface area contributed by atoms with E-state index < -0.39 is 11.6 Å². The van der Waals surface area contributed by atoms with Gasteiger partial charge >= 0.3 is 0 Å². The molecule has 4 atom stereocenters. The van der Waals surface area contributed by atoms with Crippen molar-refractivity contribution in [1.82, 2.24) is 0 Å². The first kappa shape index (κ1) is 22.6. The molecular formula is C26H28F2N2O4. The summed E-state index contributed by atoms with van der Waals surface area (Å²) in [4.78, 5) is 5.56. The molecule has 3 aliphatic carbocycles. The van der Waals surface area contributed by atoms with E-state index in [0.717, 1.165) is 48.6 Å². The Labute approximate surface area is 196 Å². The molecule has 0 radical (unpaired) electrons. The summed E-state index contributed by atoms with van der Waals surface area (Å²) in [7, 11) is 1.52. The summed E-state index contributed by atoms with van der Waals surface area (Å²) in [5.74, 6) is -0.0577. The monoisotopic (exact) mass is 470 g/mol. The van der Waals surface area contributed by atoms with Gasteiger partial charge in [-0.15, -0.1) is 0 Å². The molecule has 2 N–H and O–H groups in total. The van der Waals surface area contributed by atoms with Crippen LogP contribution >= 0.6 is 0 Å². The number of aromatic hydroxyl groups is 1.